The number of carbonyl (C=O) groups excluding carboxylic acids is 1. The maximum absolute atomic E-state index is 12.1. The van der Waals surface area contributed by atoms with Gasteiger partial charge in [0, 0.05) is 11.1 Å². The number of phenolic OH excluding ortho intramolecular Hbond substituents is 1. The number of rotatable bonds is 2. The molecule has 98 valence electrons. The van der Waals surface area contributed by atoms with Crippen molar-refractivity contribution in [2.24, 2.45) is 5.92 Å². The summed E-state index contributed by atoms with van der Waals surface area (Å²) in [6.45, 7) is 2.16. The number of amides is 1. The summed E-state index contributed by atoms with van der Waals surface area (Å²) in [4.78, 5) is 12.1. The molecule has 3 nitrogen and oxygen atoms in total. The van der Waals surface area contributed by atoms with Crippen molar-refractivity contribution < 1.29 is 9.90 Å². The van der Waals surface area contributed by atoms with Gasteiger partial charge < -0.3 is 10.4 Å². The van der Waals surface area contributed by atoms with Crippen LogP contribution < -0.4 is 5.32 Å². The van der Waals surface area contributed by atoms with Gasteiger partial charge in [0.15, 0.2) is 0 Å². The largest absolute Gasteiger partial charge is 0.507 e. The molecule has 1 aliphatic rings. The van der Waals surface area contributed by atoms with E-state index in [-0.39, 0.29) is 23.3 Å². The lowest BCUT2D eigenvalue weighted by molar-refractivity contribution is 0.0907. The molecule has 1 aromatic rings. The van der Waals surface area contributed by atoms with Crippen LogP contribution in [0.4, 0.5) is 0 Å². The highest BCUT2D eigenvalue weighted by Crippen LogP contribution is 2.26. The Kier molecular flexibility index (Phi) is 4.12. The summed E-state index contributed by atoms with van der Waals surface area (Å²) in [7, 11) is 0. The zero-order valence-electron chi connectivity index (χ0n) is 10.4. The van der Waals surface area contributed by atoms with Crippen molar-refractivity contribution >= 4 is 17.5 Å². The lowest BCUT2D eigenvalue weighted by Gasteiger charge is -2.29. The van der Waals surface area contributed by atoms with Crippen molar-refractivity contribution in [3.05, 3.63) is 28.8 Å². The Morgan fingerprint density at radius 2 is 2.11 bits per heavy atom. The van der Waals surface area contributed by atoms with Crippen molar-refractivity contribution in [1.82, 2.24) is 5.32 Å². The minimum atomic E-state index is -0.220. The van der Waals surface area contributed by atoms with Crippen LogP contribution in [0.3, 0.4) is 0 Å². The summed E-state index contributed by atoms with van der Waals surface area (Å²) in [6, 6.07) is 4.77. The predicted octanol–water partition coefficient (Wildman–Crippen LogP) is 3.35. The normalized spacial score (nSPS) is 23.7. The maximum Gasteiger partial charge on any atom is 0.255 e. The number of hydrogen-bond donors (Lipinski definition) is 2. The third-order valence-corrected chi connectivity index (χ3v) is 3.87. The van der Waals surface area contributed by atoms with Crippen LogP contribution in [0, 0.1) is 5.92 Å². The smallest absolute Gasteiger partial charge is 0.255 e. The lowest BCUT2D eigenvalue weighted by atomic mass is 9.86. The molecular weight excluding hydrogens is 250 g/mol. The van der Waals surface area contributed by atoms with E-state index in [4.69, 9.17) is 11.6 Å². The molecule has 0 spiro atoms. The summed E-state index contributed by atoms with van der Waals surface area (Å²) in [5.74, 6) is 0.212. The topological polar surface area (TPSA) is 49.3 Å². The van der Waals surface area contributed by atoms with Gasteiger partial charge in [-0.1, -0.05) is 31.4 Å². The average molecular weight is 268 g/mol. The van der Waals surface area contributed by atoms with Gasteiger partial charge in [0.05, 0.1) is 5.56 Å². The van der Waals surface area contributed by atoms with Gasteiger partial charge >= 0.3 is 0 Å². The van der Waals surface area contributed by atoms with Crippen LogP contribution in [-0.2, 0) is 0 Å². The van der Waals surface area contributed by atoms with Gasteiger partial charge in [-0.3, -0.25) is 4.79 Å². The van der Waals surface area contributed by atoms with Gasteiger partial charge in [-0.15, -0.1) is 0 Å². The van der Waals surface area contributed by atoms with Gasteiger partial charge in [-0.2, -0.15) is 0 Å². The molecule has 1 aliphatic carbocycles. The van der Waals surface area contributed by atoms with E-state index >= 15 is 0 Å². The highest BCUT2D eigenvalue weighted by atomic mass is 35.5. The zero-order valence-corrected chi connectivity index (χ0v) is 11.2. The van der Waals surface area contributed by atoms with Gasteiger partial charge in [0.25, 0.3) is 5.91 Å². The molecule has 1 saturated carbocycles. The number of nitrogens with one attached hydrogen (secondary N) is 1. The number of carbonyl (C=O) groups is 1. The fourth-order valence-electron chi connectivity index (χ4n) is 2.47. The molecule has 2 rings (SSSR count). The number of benzene rings is 1. The summed E-state index contributed by atoms with van der Waals surface area (Å²) >= 11 is 5.74. The predicted molar refractivity (Wildman–Crippen MR) is 72.0 cm³/mol. The number of aromatic hydroxyl groups is 1. The molecule has 4 heteroatoms. The van der Waals surface area contributed by atoms with E-state index in [1.165, 1.54) is 12.5 Å². The molecule has 0 saturated heterocycles. The molecule has 0 aromatic heterocycles. The van der Waals surface area contributed by atoms with Crippen LogP contribution in [0.25, 0.3) is 0 Å². The molecule has 0 aliphatic heterocycles. The van der Waals surface area contributed by atoms with E-state index in [1.807, 2.05) is 0 Å². The number of phenols is 1. The van der Waals surface area contributed by atoms with E-state index in [1.54, 1.807) is 12.1 Å². The number of halogens is 1. The molecule has 0 bridgehead atoms. The Balaban J connectivity index is 2.07. The van der Waals surface area contributed by atoms with Crippen molar-refractivity contribution in [3.63, 3.8) is 0 Å². The van der Waals surface area contributed by atoms with Crippen molar-refractivity contribution in [3.8, 4) is 5.75 Å². The molecule has 1 amide bonds. The van der Waals surface area contributed by atoms with E-state index in [9.17, 15) is 9.90 Å². The van der Waals surface area contributed by atoms with E-state index in [2.05, 4.69) is 12.2 Å². The van der Waals surface area contributed by atoms with Crippen LogP contribution in [0.2, 0.25) is 5.02 Å². The quantitative estimate of drug-likeness (QED) is 0.863. The Morgan fingerprint density at radius 1 is 1.39 bits per heavy atom. The summed E-state index contributed by atoms with van der Waals surface area (Å²) in [5, 5.41) is 13.1. The van der Waals surface area contributed by atoms with Gasteiger partial charge in [0.1, 0.15) is 5.75 Å². The Morgan fingerprint density at radius 3 is 2.78 bits per heavy atom. The first-order valence-electron chi connectivity index (χ1n) is 6.37. The third kappa shape index (κ3) is 2.96. The second-order valence-electron chi connectivity index (χ2n) is 5.00. The molecule has 2 N–H and O–H groups in total. The minimum absolute atomic E-state index is 0.0662. The second-order valence-corrected chi connectivity index (χ2v) is 5.44. The molecular formula is C14H18ClNO2. The highest BCUT2D eigenvalue weighted by Gasteiger charge is 2.24. The fraction of sp³-hybridized carbons (Fsp3) is 0.500. The van der Waals surface area contributed by atoms with Crippen molar-refractivity contribution in [2.75, 3.05) is 0 Å². The second kappa shape index (κ2) is 5.61. The molecule has 1 fully saturated rings. The molecule has 18 heavy (non-hydrogen) atoms. The van der Waals surface area contributed by atoms with Gasteiger partial charge in [-0.25, -0.2) is 0 Å². The summed E-state index contributed by atoms with van der Waals surface area (Å²) < 4.78 is 0. The van der Waals surface area contributed by atoms with Crippen molar-refractivity contribution in [1.29, 1.82) is 0 Å². The average Bonchev–Trinajstić information content (AvgIpc) is 2.32. The van der Waals surface area contributed by atoms with Gasteiger partial charge in [-0.05, 0) is 37.0 Å². The number of hydrogen-bond acceptors (Lipinski definition) is 2. The minimum Gasteiger partial charge on any atom is -0.507 e. The summed E-state index contributed by atoms with van der Waals surface area (Å²) in [6.07, 6.45) is 4.56. The van der Waals surface area contributed by atoms with Crippen LogP contribution in [0.1, 0.15) is 43.0 Å². The molecule has 0 heterocycles. The zero-order chi connectivity index (χ0) is 13.1. The Hall–Kier alpha value is -1.22. The maximum atomic E-state index is 12.1. The first-order chi connectivity index (χ1) is 8.58. The molecule has 2 atom stereocenters. The third-order valence-electron chi connectivity index (χ3n) is 3.63. The van der Waals surface area contributed by atoms with Crippen LogP contribution in [0.15, 0.2) is 18.2 Å². The molecule has 0 radical (unpaired) electrons. The molecule has 2 unspecified atom stereocenters. The van der Waals surface area contributed by atoms with E-state index in [0.717, 1.165) is 19.3 Å². The van der Waals surface area contributed by atoms with Crippen LogP contribution >= 0.6 is 11.6 Å². The Labute approximate surface area is 112 Å². The standard InChI is InChI=1S/C14H18ClNO2/c1-9-4-2-3-5-12(9)16-14(18)11-7-6-10(15)8-13(11)17/h6-9,12,17H,2-5H2,1H3,(H,16,18). The van der Waals surface area contributed by atoms with Gasteiger partial charge in [0.2, 0.25) is 0 Å². The van der Waals surface area contributed by atoms with E-state index < -0.39 is 0 Å². The highest BCUT2D eigenvalue weighted by molar-refractivity contribution is 6.30. The van der Waals surface area contributed by atoms with Crippen LogP contribution in [0.5, 0.6) is 5.75 Å². The Bertz CT molecular complexity index is 447. The SMILES string of the molecule is CC1CCCCC1NC(=O)c1ccc(Cl)cc1O. The monoisotopic (exact) mass is 267 g/mol. The first kappa shape index (κ1) is 13.2. The van der Waals surface area contributed by atoms with Crippen LogP contribution in [-0.4, -0.2) is 17.1 Å². The lowest BCUT2D eigenvalue weighted by Crippen LogP contribution is -2.41. The van der Waals surface area contributed by atoms with Crippen molar-refractivity contribution in [2.45, 2.75) is 38.6 Å². The first-order valence-corrected chi connectivity index (χ1v) is 6.75. The molecule has 1 aromatic carbocycles. The fourth-order valence-corrected chi connectivity index (χ4v) is 2.64. The summed E-state index contributed by atoms with van der Waals surface area (Å²) in [5.41, 5.74) is 0.289. The van der Waals surface area contributed by atoms with E-state index in [0.29, 0.717) is 10.9 Å².